The third-order valence-electron chi connectivity index (χ3n) is 9.35. The molecule has 2 heterocycles. The van der Waals surface area contributed by atoms with Gasteiger partial charge in [-0.3, -0.25) is 4.90 Å². The molecule has 1 aromatic rings. The average Bonchev–Trinajstić information content (AvgIpc) is 2.95. The summed E-state index contributed by atoms with van der Waals surface area (Å²) in [6.45, 7) is 18.7. The SMILES string of the molecule is CC(C)=CCCC(C)=CCCC(C)=CCC[C@]1(C)CCc2c3c(c(C)c(C)c2O1)OCN(CCCCCCCCO)C3. The van der Waals surface area contributed by atoms with Crippen molar-refractivity contribution in [3.8, 4) is 11.5 Å². The van der Waals surface area contributed by atoms with Gasteiger partial charge in [0.2, 0.25) is 0 Å². The molecule has 0 spiro atoms. The van der Waals surface area contributed by atoms with Crippen LogP contribution in [0.1, 0.15) is 140 Å². The number of nitrogens with zero attached hydrogens (tertiary/aromatic N) is 1. The summed E-state index contributed by atoms with van der Waals surface area (Å²) in [5.41, 5.74) is 9.54. The lowest BCUT2D eigenvalue weighted by Gasteiger charge is -2.40. The molecular formula is C38H61NO3. The highest BCUT2D eigenvalue weighted by Gasteiger charge is 2.36. The van der Waals surface area contributed by atoms with Crippen LogP contribution in [0.4, 0.5) is 0 Å². The van der Waals surface area contributed by atoms with Crippen LogP contribution in [0, 0.1) is 13.8 Å². The van der Waals surface area contributed by atoms with E-state index < -0.39 is 0 Å². The normalized spacial score (nSPS) is 19.1. The van der Waals surface area contributed by atoms with Crippen LogP contribution >= 0.6 is 0 Å². The molecule has 0 aromatic heterocycles. The number of unbranched alkanes of at least 4 members (excludes halogenated alkanes) is 5. The van der Waals surface area contributed by atoms with Crippen molar-refractivity contribution in [1.29, 1.82) is 0 Å². The molecule has 0 unspecified atom stereocenters. The first kappa shape index (κ1) is 34.5. The second kappa shape index (κ2) is 17.3. The van der Waals surface area contributed by atoms with Crippen LogP contribution in [-0.4, -0.2) is 35.5 Å². The largest absolute Gasteiger partial charge is 0.487 e. The highest BCUT2D eigenvalue weighted by atomic mass is 16.5. The number of benzene rings is 1. The molecule has 0 saturated heterocycles. The Balaban J connectivity index is 1.53. The Morgan fingerprint density at radius 3 is 2.12 bits per heavy atom. The zero-order valence-corrected chi connectivity index (χ0v) is 28.2. The van der Waals surface area contributed by atoms with Crippen molar-refractivity contribution >= 4 is 0 Å². The van der Waals surface area contributed by atoms with Gasteiger partial charge in [0.15, 0.2) is 0 Å². The van der Waals surface area contributed by atoms with Gasteiger partial charge in [0, 0.05) is 30.8 Å². The molecule has 2 aliphatic rings. The summed E-state index contributed by atoms with van der Waals surface area (Å²) in [5, 5.41) is 8.96. The van der Waals surface area contributed by atoms with Crippen molar-refractivity contribution in [2.45, 2.75) is 151 Å². The standard InChI is InChI=1S/C38H61NO3/c1-29(2)17-14-18-30(3)19-15-20-31(4)21-16-23-38(7)24-22-34-35-27-39(25-12-10-8-9-11-13-26-40)28-41-36(35)32(5)33(6)37(34)42-38/h17,19,21,40H,8-16,18,20,22-28H2,1-7H3/t38-/m1/s1. The maximum Gasteiger partial charge on any atom is 0.142 e. The summed E-state index contributed by atoms with van der Waals surface area (Å²) >= 11 is 0. The third-order valence-corrected chi connectivity index (χ3v) is 9.35. The molecule has 42 heavy (non-hydrogen) atoms. The molecule has 0 bridgehead atoms. The number of fused-ring (bicyclic) bond motifs is 3. The fourth-order valence-electron chi connectivity index (χ4n) is 6.38. The number of rotatable bonds is 17. The zero-order chi connectivity index (χ0) is 30.5. The van der Waals surface area contributed by atoms with Gasteiger partial charge in [-0.25, -0.2) is 0 Å². The molecule has 0 amide bonds. The number of aliphatic hydroxyl groups excluding tert-OH is 1. The van der Waals surface area contributed by atoms with E-state index in [-0.39, 0.29) is 5.60 Å². The minimum Gasteiger partial charge on any atom is -0.487 e. The lowest BCUT2D eigenvalue weighted by molar-refractivity contribution is 0.0522. The van der Waals surface area contributed by atoms with Gasteiger partial charge in [0.1, 0.15) is 23.8 Å². The minimum atomic E-state index is -0.123. The second-order valence-electron chi connectivity index (χ2n) is 13.6. The van der Waals surface area contributed by atoms with Gasteiger partial charge in [-0.15, -0.1) is 0 Å². The van der Waals surface area contributed by atoms with Gasteiger partial charge < -0.3 is 14.6 Å². The van der Waals surface area contributed by atoms with Gasteiger partial charge in [-0.05, 0) is 124 Å². The van der Waals surface area contributed by atoms with Crippen LogP contribution in [0.15, 0.2) is 34.9 Å². The van der Waals surface area contributed by atoms with E-state index >= 15 is 0 Å². The molecule has 0 fully saturated rings. The third kappa shape index (κ3) is 10.6. The Hall–Kier alpha value is -2.04. The molecule has 1 aromatic carbocycles. The van der Waals surface area contributed by atoms with E-state index in [0.29, 0.717) is 13.3 Å². The van der Waals surface area contributed by atoms with Crippen LogP contribution in [0.5, 0.6) is 11.5 Å². The Kier molecular flexibility index (Phi) is 14.2. The van der Waals surface area contributed by atoms with E-state index in [1.165, 1.54) is 71.1 Å². The summed E-state index contributed by atoms with van der Waals surface area (Å²) in [6, 6.07) is 0. The zero-order valence-electron chi connectivity index (χ0n) is 28.2. The Morgan fingerprint density at radius 1 is 0.810 bits per heavy atom. The molecule has 3 rings (SSSR count). The van der Waals surface area contributed by atoms with Gasteiger partial charge in [-0.2, -0.15) is 0 Å². The predicted octanol–water partition coefficient (Wildman–Crippen LogP) is 10.1. The number of hydrogen-bond donors (Lipinski definition) is 1. The lowest BCUT2D eigenvalue weighted by atomic mass is 9.84. The fourth-order valence-corrected chi connectivity index (χ4v) is 6.38. The molecular weight excluding hydrogens is 518 g/mol. The molecule has 0 aliphatic carbocycles. The van der Waals surface area contributed by atoms with E-state index in [2.05, 4.69) is 71.6 Å². The van der Waals surface area contributed by atoms with Crippen LogP contribution in [0.3, 0.4) is 0 Å². The number of aliphatic hydroxyl groups is 1. The average molecular weight is 580 g/mol. The molecule has 236 valence electrons. The van der Waals surface area contributed by atoms with Crippen molar-refractivity contribution in [3.05, 3.63) is 57.2 Å². The summed E-state index contributed by atoms with van der Waals surface area (Å²) in [6.07, 6.45) is 23.1. The van der Waals surface area contributed by atoms with E-state index in [9.17, 15) is 0 Å². The maximum atomic E-state index is 8.96. The quantitative estimate of drug-likeness (QED) is 0.147. The van der Waals surface area contributed by atoms with Crippen molar-refractivity contribution in [2.75, 3.05) is 19.9 Å². The Morgan fingerprint density at radius 2 is 1.43 bits per heavy atom. The fraction of sp³-hybridized carbons (Fsp3) is 0.684. The molecule has 1 atom stereocenters. The highest BCUT2D eigenvalue weighted by Crippen LogP contribution is 2.46. The molecule has 0 saturated carbocycles. The maximum absolute atomic E-state index is 8.96. The van der Waals surface area contributed by atoms with Gasteiger partial charge in [-0.1, -0.05) is 60.6 Å². The van der Waals surface area contributed by atoms with Crippen molar-refractivity contribution in [3.63, 3.8) is 0 Å². The number of ether oxygens (including phenoxy) is 2. The van der Waals surface area contributed by atoms with E-state index in [4.69, 9.17) is 14.6 Å². The number of allylic oxidation sites excluding steroid dienone is 6. The number of hydrogen-bond acceptors (Lipinski definition) is 4. The summed E-state index contributed by atoms with van der Waals surface area (Å²) < 4.78 is 13.3. The second-order valence-corrected chi connectivity index (χ2v) is 13.6. The van der Waals surface area contributed by atoms with Crippen LogP contribution < -0.4 is 9.47 Å². The Bertz CT molecular complexity index is 1090. The molecule has 4 heteroatoms. The summed E-state index contributed by atoms with van der Waals surface area (Å²) in [7, 11) is 0. The molecule has 0 radical (unpaired) electrons. The lowest BCUT2D eigenvalue weighted by Crippen LogP contribution is -2.39. The van der Waals surface area contributed by atoms with Crippen LogP contribution in [0.2, 0.25) is 0 Å². The highest BCUT2D eigenvalue weighted by molar-refractivity contribution is 5.60. The molecule has 1 N–H and O–H groups in total. The van der Waals surface area contributed by atoms with Crippen LogP contribution in [0.25, 0.3) is 0 Å². The van der Waals surface area contributed by atoms with Gasteiger partial charge >= 0.3 is 0 Å². The first-order chi connectivity index (χ1) is 20.1. The first-order valence-corrected chi connectivity index (χ1v) is 16.9. The van der Waals surface area contributed by atoms with Crippen molar-refractivity contribution in [2.24, 2.45) is 0 Å². The monoisotopic (exact) mass is 579 g/mol. The van der Waals surface area contributed by atoms with E-state index in [1.807, 2.05) is 0 Å². The molecule has 2 aliphatic heterocycles. The topological polar surface area (TPSA) is 41.9 Å². The van der Waals surface area contributed by atoms with Crippen molar-refractivity contribution in [1.82, 2.24) is 4.90 Å². The Labute approximate surface area is 258 Å². The van der Waals surface area contributed by atoms with Gasteiger partial charge in [0.25, 0.3) is 0 Å². The van der Waals surface area contributed by atoms with Crippen LogP contribution in [-0.2, 0) is 13.0 Å². The molecule has 4 nitrogen and oxygen atoms in total. The first-order valence-electron chi connectivity index (χ1n) is 16.9. The van der Waals surface area contributed by atoms with E-state index in [1.54, 1.807) is 0 Å². The van der Waals surface area contributed by atoms with Gasteiger partial charge in [0.05, 0.1) is 0 Å². The minimum absolute atomic E-state index is 0.123. The summed E-state index contributed by atoms with van der Waals surface area (Å²) in [5.74, 6) is 2.24. The van der Waals surface area contributed by atoms with Crippen molar-refractivity contribution < 1.29 is 14.6 Å². The summed E-state index contributed by atoms with van der Waals surface area (Å²) in [4.78, 5) is 2.46. The van der Waals surface area contributed by atoms with E-state index in [0.717, 1.165) is 82.4 Å². The smallest absolute Gasteiger partial charge is 0.142 e. The predicted molar refractivity (Wildman–Crippen MR) is 179 cm³/mol.